The SMILES string of the molecule is NC1CCC(OCc2cnsn2)CC1. The van der Waals surface area contributed by atoms with Crippen molar-refractivity contribution in [2.24, 2.45) is 5.73 Å². The van der Waals surface area contributed by atoms with Crippen LogP contribution in [0.5, 0.6) is 0 Å². The molecule has 1 aromatic heterocycles. The summed E-state index contributed by atoms with van der Waals surface area (Å²) in [5, 5.41) is 0. The first kappa shape index (κ1) is 10.0. The van der Waals surface area contributed by atoms with Crippen molar-refractivity contribution in [3.05, 3.63) is 11.9 Å². The molecule has 0 unspecified atom stereocenters. The molecule has 0 bridgehead atoms. The molecule has 78 valence electrons. The summed E-state index contributed by atoms with van der Waals surface area (Å²) < 4.78 is 13.7. The van der Waals surface area contributed by atoms with Gasteiger partial charge >= 0.3 is 0 Å². The molecule has 14 heavy (non-hydrogen) atoms. The van der Waals surface area contributed by atoms with Crippen LogP contribution in [0.1, 0.15) is 31.4 Å². The van der Waals surface area contributed by atoms with Crippen LogP contribution in [0.4, 0.5) is 0 Å². The number of hydrogen-bond acceptors (Lipinski definition) is 5. The molecule has 2 rings (SSSR count). The van der Waals surface area contributed by atoms with Gasteiger partial charge in [0.2, 0.25) is 0 Å². The highest BCUT2D eigenvalue weighted by Crippen LogP contribution is 2.20. The third kappa shape index (κ3) is 2.73. The first-order valence-electron chi connectivity index (χ1n) is 4.98. The maximum Gasteiger partial charge on any atom is 0.1000 e. The second-order valence-corrected chi connectivity index (χ2v) is 4.30. The summed E-state index contributed by atoms with van der Waals surface area (Å²) in [4.78, 5) is 0. The van der Waals surface area contributed by atoms with Gasteiger partial charge in [0.1, 0.15) is 0 Å². The number of nitrogens with zero attached hydrogens (tertiary/aromatic N) is 2. The van der Waals surface area contributed by atoms with Gasteiger partial charge in [0.05, 0.1) is 36.3 Å². The van der Waals surface area contributed by atoms with Gasteiger partial charge in [0, 0.05) is 6.04 Å². The molecule has 0 saturated heterocycles. The second kappa shape index (κ2) is 4.82. The van der Waals surface area contributed by atoms with E-state index in [4.69, 9.17) is 10.5 Å². The summed E-state index contributed by atoms with van der Waals surface area (Å²) in [6.45, 7) is 0.594. The van der Waals surface area contributed by atoms with Crippen molar-refractivity contribution in [1.29, 1.82) is 0 Å². The first-order chi connectivity index (χ1) is 6.84. The Kier molecular flexibility index (Phi) is 3.44. The Balaban J connectivity index is 1.71. The minimum Gasteiger partial charge on any atom is -0.372 e. The number of aromatic nitrogens is 2. The van der Waals surface area contributed by atoms with Crippen LogP contribution in [-0.2, 0) is 11.3 Å². The molecule has 0 spiro atoms. The second-order valence-electron chi connectivity index (χ2n) is 3.75. The van der Waals surface area contributed by atoms with Gasteiger partial charge in [-0.2, -0.15) is 8.75 Å². The van der Waals surface area contributed by atoms with E-state index in [1.807, 2.05) is 0 Å². The average molecular weight is 213 g/mol. The quantitative estimate of drug-likeness (QED) is 0.822. The van der Waals surface area contributed by atoms with Gasteiger partial charge < -0.3 is 10.5 Å². The zero-order valence-corrected chi connectivity index (χ0v) is 8.87. The van der Waals surface area contributed by atoms with Gasteiger partial charge in [0.15, 0.2) is 0 Å². The van der Waals surface area contributed by atoms with E-state index in [0.29, 0.717) is 18.8 Å². The van der Waals surface area contributed by atoms with E-state index in [9.17, 15) is 0 Å². The minimum atomic E-state index is 0.372. The van der Waals surface area contributed by atoms with Gasteiger partial charge in [-0.05, 0) is 25.7 Å². The van der Waals surface area contributed by atoms with Crippen LogP contribution in [0.15, 0.2) is 6.20 Å². The fourth-order valence-electron chi connectivity index (χ4n) is 1.71. The lowest BCUT2D eigenvalue weighted by molar-refractivity contribution is 0.0125. The summed E-state index contributed by atoms with van der Waals surface area (Å²) >= 11 is 1.23. The summed E-state index contributed by atoms with van der Waals surface area (Å²) in [5.74, 6) is 0. The number of hydrogen-bond donors (Lipinski definition) is 1. The predicted molar refractivity (Wildman–Crippen MR) is 54.9 cm³/mol. The van der Waals surface area contributed by atoms with Crippen molar-refractivity contribution < 1.29 is 4.74 Å². The zero-order chi connectivity index (χ0) is 9.80. The van der Waals surface area contributed by atoms with Crippen LogP contribution in [0, 0.1) is 0 Å². The lowest BCUT2D eigenvalue weighted by Crippen LogP contribution is -2.30. The molecule has 0 radical (unpaired) electrons. The lowest BCUT2D eigenvalue weighted by Gasteiger charge is -2.25. The fraction of sp³-hybridized carbons (Fsp3) is 0.778. The predicted octanol–water partition coefficient (Wildman–Crippen LogP) is 1.32. The highest BCUT2D eigenvalue weighted by atomic mass is 32.1. The molecule has 1 aromatic rings. The summed E-state index contributed by atoms with van der Waals surface area (Å²) in [6.07, 6.45) is 6.47. The minimum absolute atomic E-state index is 0.372. The molecule has 5 heteroatoms. The van der Waals surface area contributed by atoms with E-state index >= 15 is 0 Å². The lowest BCUT2D eigenvalue weighted by atomic mass is 9.94. The number of rotatable bonds is 3. The molecule has 0 atom stereocenters. The van der Waals surface area contributed by atoms with Gasteiger partial charge in [-0.15, -0.1) is 0 Å². The molecule has 0 amide bonds. The Hall–Kier alpha value is -0.520. The molecule has 0 aromatic carbocycles. The largest absolute Gasteiger partial charge is 0.372 e. The van der Waals surface area contributed by atoms with Crippen LogP contribution in [-0.4, -0.2) is 20.9 Å². The monoisotopic (exact) mass is 213 g/mol. The normalized spacial score (nSPS) is 27.8. The summed E-state index contributed by atoms with van der Waals surface area (Å²) in [6, 6.07) is 0.385. The molecule has 4 nitrogen and oxygen atoms in total. The molecular weight excluding hydrogens is 198 g/mol. The standard InChI is InChI=1S/C9H15N3OS/c10-7-1-3-9(4-2-7)13-6-8-5-11-14-12-8/h5,7,9H,1-4,6,10H2. The van der Waals surface area contributed by atoms with Crippen LogP contribution in [0.3, 0.4) is 0 Å². The van der Waals surface area contributed by atoms with Gasteiger partial charge in [-0.25, -0.2) is 0 Å². The summed E-state index contributed by atoms with van der Waals surface area (Å²) in [5.41, 5.74) is 6.75. The maximum atomic E-state index is 5.81. The first-order valence-corrected chi connectivity index (χ1v) is 5.71. The van der Waals surface area contributed by atoms with E-state index in [2.05, 4.69) is 8.75 Å². The Morgan fingerprint density at radius 1 is 1.43 bits per heavy atom. The molecule has 1 aliphatic rings. The van der Waals surface area contributed by atoms with Crippen LogP contribution in [0.2, 0.25) is 0 Å². The van der Waals surface area contributed by atoms with E-state index in [-0.39, 0.29) is 0 Å². The third-order valence-electron chi connectivity index (χ3n) is 2.59. The van der Waals surface area contributed by atoms with Gasteiger partial charge in [-0.1, -0.05) is 0 Å². The fourth-order valence-corrected chi connectivity index (χ4v) is 2.13. The topological polar surface area (TPSA) is 61.0 Å². The highest BCUT2D eigenvalue weighted by molar-refractivity contribution is 6.99. The van der Waals surface area contributed by atoms with Crippen molar-refractivity contribution in [2.45, 2.75) is 44.4 Å². The smallest absolute Gasteiger partial charge is 0.1000 e. The Bertz CT molecular complexity index is 257. The third-order valence-corrected chi connectivity index (χ3v) is 3.11. The molecule has 1 aliphatic carbocycles. The van der Waals surface area contributed by atoms with Crippen molar-refractivity contribution in [3.8, 4) is 0 Å². The molecule has 1 heterocycles. The average Bonchev–Trinajstić information content (AvgIpc) is 2.70. The Morgan fingerprint density at radius 3 is 2.86 bits per heavy atom. The van der Waals surface area contributed by atoms with E-state index in [1.165, 1.54) is 11.7 Å². The van der Waals surface area contributed by atoms with Crippen LogP contribution < -0.4 is 5.73 Å². The number of nitrogens with two attached hydrogens (primary N) is 1. The van der Waals surface area contributed by atoms with Crippen molar-refractivity contribution >= 4 is 11.7 Å². The van der Waals surface area contributed by atoms with Crippen molar-refractivity contribution in [3.63, 3.8) is 0 Å². The van der Waals surface area contributed by atoms with E-state index in [1.54, 1.807) is 6.20 Å². The van der Waals surface area contributed by atoms with Crippen molar-refractivity contribution in [1.82, 2.24) is 8.75 Å². The van der Waals surface area contributed by atoms with Crippen LogP contribution >= 0.6 is 11.7 Å². The molecular formula is C9H15N3OS. The van der Waals surface area contributed by atoms with Crippen molar-refractivity contribution in [2.75, 3.05) is 0 Å². The van der Waals surface area contributed by atoms with Gasteiger partial charge in [-0.3, -0.25) is 0 Å². The number of ether oxygens (including phenoxy) is 1. The Labute approximate surface area is 87.8 Å². The van der Waals surface area contributed by atoms with Crippen LogP contribution in [0.25, 0.3) is 0 Å². The zero-order valence-electron chi connectivity index (χ0n) is 8.06. The summed E-state index contributed by atoms with van der Waals surface area (Å²) in [7, 11) is 0. The van der Waals surface area contributed by atoms with Gasteiger partial charge in [0.25, 0.3) is 0 Å². The maximum absolute atomic E-state index is 5.81. The molecule has 2 N–H and O–H groups in total. The van der Waals surface area contributed by atoms with E-state index < -0.39 is 0 Å². The molecule has 1 saturated carbocycles. The Morgan fingerprint density at radius 2 is 2.21 bits per heavy atom. The molecule has 0 aliphatic heterocycles. The molecule has 1 fully saturated rings. The highest BCUT2D eigenvalue weighted by Gasteiger charge is 2.18. The van der Waals surface area contributed by atoms with E-state index in [0.717, 1.165) is 31.4 Å².